The van der Waals surface area contributed by atoms with Gasteiger partial charge in [0.15, 0.2) is 5.69 Å². The molecule has 7 nitrogen and oxygen atoms in total. The second-order valence-corrected chi connectivity index (χ2v) is 7.92. The van der Waals surface area contributed by atoms with Crippen molar-refractivity contribution in [3.63, 3.8) is 0 Å². The molecule has 2 aliphatic rings. The maximum absolute atomic E-state index is 12.9. The minimum Gasteiger partial charge on any atom is -0.370 e. The Bertz CT molecular complexity index is 1000. The van der Waals surface area contributed by atoms with Crippen LogP contribution >= 0.6 is 0 Å². The highest BCUT2D eigenvalue weighted by atomic mass is 16.5. The average Bonchev–Trinajstić information content (AvgIpc) is 3.41. The van der Waals surface area contributed by atoms with Crippen molar-refractivity contribution in [2.45, 2.75) is 37.0 Å². The molecule has 154 valence electrons. The lowest BCUT2D eigenvalue weighted by atomic mass is 9.72. The summed E-state index contributed by atoms with van der Waals surface area (Å²) in [6.07, 6.45) is 6.70. The fourth-order valence-corrected chi connectivity index (χ4v) is 4.91. The van der Waals surface area contributed by atoms with Crippen LogP contribution in [-0.2, 0) is 16.8 Å². The van der Waals surface area contributed by atoms with Crippen molar-refractivity contribution in [2.75, 3.05) is 13.1 Å². The van der Waals surface area contributed by atoms with Gasteiger partial charge >= 0.3 is 0 Å². The molecule has 1 saturated heterocycles. The molecule has 0 unspecified atom stereocenters. The Kier molecular flexibility index (Phi) is 5.06. The number of nitrogens with zero attached hydrogens (tertiary/aromatic N) is 2. The van der Waals surface area contributed by atoms with Crippen molar-refractivity contribution >= 4 is 5.91 Å². The highest BCUT2D eigenvalue weighted by Gasteiger charge is 2.53. The minimum atomic E-state index is -0.264. The van der Waals surface area contributed by atoms with Gasteiger partial charge in [0.25, 0.3) is 5.91 Å². The monoisotopic (exact) mass is 404 g/mol. The van der Waals surface area contributed by atoms with Gasteiger partial charge < -0.3 is 19.9 Å². The first-order valence-corrected chi connectivity index (χ1v) is 10.3. The molecule has 1 amide bonds. The third kappa shape index (κ3) is 3.30. The largest absolute Gasteiger partial charge is 0.370 e. The molecule has 3 aromatic rings. The molecule has 1 spiro atoms. The zero-order valence-electron chi connectivity index (χ0n) is 16.6. The maximum atomic E-state index is 12.9. The molecule has 3 heterocycles. The number of fused-ring (bicyclic) bond motifs is 2. The van der Waals surface area contributed by atoms with E-state index in [1.54, 1.807) is 12.3 Å². The molecular formula is C23H24N4O3. The van der Waals surface area contributed by atoms with Crippen molar-refractivity contribution in [3.05, 3.63) is 83.5 Å². The van der Waals surface area contributed by atoms with Gasteiger partial charge in [0.1, 0.15) is 6.26 Å². The summed E-state index contributed by atoms with van der Waals surface area (Å²) < 4.78 is 11.4. The number of nitrogens with one attached hydrogen (secondary N) is 2. The van der Waals surface area contributed by atoms with Gasteiger partial charge in [-0.3, -0.25) is 9.78 Å². The summed E-state index contributed by atoms with van der Waals surface area (Å²) in [5.41, 5.74) is 3.52. The molecule has 0 saturated carbocycles. The minimum absolute atomic E-state index is 0.147. The number of hydrogen-bond acceptors (Lipinski definition) is 6. The number of aromatic nitrogens is 2. The fourth-order valence-electron chi connectivity index (χ4n) is 4.91. The normalized spacial score (nSPS) is 22.0. The van der Waals surface area contributed by atoms with E-state index in [1.165, 1.54) is 11.8 Å². The summed E-state index contributed by atoms with van der Waals surface area (Å²) in [6, 6.07) is 13.6. The molecule has 5 rings (SSSR count). The van der Waals surface area contributed by atoms with E-state index >= 15 is 0 Å². The molecule has 2 aromatic heterocycles. The van der Waals surface area contributed by atoms with Crippen molar-refractivity contribution in [1.29, 1.82) is 0 Å². The van der Waals surface area contributed by atoms with Crippen LogP contribution in [0.3, 0.4) is 0 Å². The Morgan fingerprint density at radius 1 is 1.20 bits per heavy atom. The first-order chi connectivity index (χ1) is 14.8. The number of carbonyl (C=O) groups excluding carboxylic acids is 1. The molecule has 7 heteroatoms. The summed E-state index contributed by atoms with van der Waals surface area (Å²) in [7, 11) is 0. The SMILES string of the molecule is O=C(N[C@@H]1c2ccccc2C2(CCNCC2)[C@H]1OCc1cccnc1)c1ccon1. The van der Waals surface area contributed by atoms with E-state index in [4.69, 9.17) is 9.26 Å². The first-order valence-electron chi connectivity index (χ1n) is 10.3. The van der Waals surface area contributed by atoms with Crippen LogP contribution in [-0.4, -0.2) is 35.2 Å². The van der Waals surface area contributed by atoms with Gasteiger partial charge in [-0.25, -0.2) is 0 Å². The van der Waals surface area contributed by atoms with Crippen LogP contribution in [0, 0.1) is 0 Å². The zero-order chi connectivity index (χ0) is 20.4. The summed E-state index contributed by atoms with van der Waals surface area (Å²) in [6.45, 7) is 2.29. The third-order valence-electron chi connectivity index (χ3n) is 6.28. The van der Waals surface area contributed by atoms with Crippen LogP contribution in [0.25, 0.3) is 0 Å². The van der Waals surface area contributed by atoms with Crippen molar-refractivity contribution in [1.82, 2.24) is 20.8 Å². The van der Waals surface area contributed by atoms with Gasteiger partial charge in [-0.05, 0) is 48.7 Å². The standard InChI is InChI=1S/C23H24N4O3/c28-22(19-7-13-30-27-19)26-20-17-5-1-2-6-18(17)23(8-11-24-12-9-23)21(20)29-15-16-4-3-10-25-14-16/h1-7,10,13-14,20-21,24H,8-9,11-12,15H2,(H,26,28)/t20-,21+/m1/s1. The lowest BCUT2D eigenvalue weighted by Gasteiger charge is -2.41. The van der Waals surface area contributed by atoms with Crippen molar-refractivity contribution < 1.29 is 14.1 Å². The summed E-state index contributed by atoms with van der Waals surface area (Å²) in [4.78, 5) is 17.0. The lowest BCUT2D eigenvalue weighted by molar-refractivity contribution is -0.0363. The quantitative estimate of drug-likeness (QED) is 0.680. The first kappa shape index (κ1) is 19.0. The molecule has 2 atom stereocenters. The lowest BCUT2D eigenvalue weighted by Crippen LogP contribution is -2.49. The molecule has 0 radical (unpaired) electrons. The summed E-state index contributed by atoms with van der Waals surface area (Å²) in [5, 5.41) is 10.4. The number of rotatable bonds is 5. The molecule has 30 heavy (non-hydrogen) atoms. The molecule has 1 aromatic carbocycles. The van der Waals surface area contributed by atoms with Gasteiger partial charge in [0, 0.05) is 23.9 Å². The van der Waals surface area contributed by atoms with Crippen LogP contribution in [0.1, 0.15) is 46.1 Å². The third-order valence-corrected chi connectivity index (χ3v) is 6.28. The smallest absolute Gasteiger partial charge is 0.274 e. The van der Waals surface area contributed by atoms with Gasteiger partial charge in [0.05, 0.1) is 18.8 Å². The van der Waals surface area contributed by atoms with E-state index in [0.717, 1.165) is 37.1 Å². The molecule has 1 aliphatic carbocycles. The van der Waals surface area contributed by atoms with Crippen LogP contribution in [0.2, 0.25) is 0 Å². The van der Waals surface area contributed by atoms with Crippen LogP contribution in [0.15, 0.2) is 65.6 Å². The Labute approximate surface area is 174 Å². The number of benzene rings is 1. The van der Waals surface area contributed by atoms with E-state index < -0.39 is 0 Å². The number of hydrogen-bond donors (Lipinski definition) is 2. The van der Waals surface area contributed by atoms with Crippen LogP contribution in [0.4, 0.5) is 0 Å². The van der Waals surface area contributed by atoms with Gasteiger partial charge in [0.2, 0.25) is 0 Å². The van der Waals surface area contributed by atoms with Gasteiger partial charge in [-0.15, -0.1) is 0 Å². The number of piperidine rings is 1. The summed E-state index contributed by atoms with van der Waals surface area (Å²) in [5.74, 6) is -0.260. The molecule has 0 bridgehead atoms. The van der Waals surface area contributed by atoms with Crippen molar-refractivity contribution in [3.8, 4) is 0 Å². The van der Waals surface area contributed by atoms with E-state index in [2.05, 4.69) is 39.0 Å². The maximum Gasteiger partial charge on any atom is 0.274 e. The second kappa shape index (κ2) is 8.01. The molecule has 1 fully saturated rings. The van der Waals surface area contributed by atoms with E-state index in [1.807, 2.05) is 24.4 Å². The van der Waals surface area contributed by atoms with E-state index in [-0.39, 0.29) is 29.2 Å². The highest BCUT2D eigenvalue weighted by Crippen LogP contribution is 2.51. The van der Waals surface area contributed by atoms with E-state index in [9.17, 15) is 4.79 Å². The Balaban J connectivity index is 1.50. The zero-order valence-corrected chi connectivity index (χ0v) is 16.6. The molecule has 1 aliphatic heterocycles. The predicted molar refractivity (Wildman–Crippen MR) is 110 cm³/mol. The van der Waals surface area contributed by atoms with Crippen molar-refractivity contribution in [2.24, 2.45) is 0 Å². The van der Waals surface area contributed by atoms with E-state index in [0.29, 0.717) is 6.61 Å². The average molecular weight is 404 g/mol. The second-order valence-electron chi connectivity index (χ2n) is 7.92. The van der Waals surface area contributed by atoms with Crippen LogP contribution in [0.5, 0.6) is 0 Å². The molecular weight excluding hydrogens is 380 g/mol. The number of ether oxygens (including phenoxy) is 1. The van der Waals surface area contributed by atoms with Crippen LogP contribution < -0.4 is 10.6 Å². The van der Waals surface area contributed by atoms with Gasteiger partial charge in [-0.2, -0.15) is 0 Å². The Morgan fingerprint density at radius 2 is 2.07 bits per heavy atom. The predicted octanol–water partition coefficient (Wildman–Crippen LogP) is 2.76. The topological polar surface area (TPSA) is 89.3 Å². The number of amides is 1. The highest BCUT2D eigenvalue weighted by molar-refractivity contribution is 5.92. The summed E-state index contributed by atoms with van der Waals surface area (Å²) >= 11 is 0. The molecule has 2 N–H and O–H groups in total. The fraction of sp³-hybridized carbons (Fsp3) is 0.348. The number of carbonyl (C=O) groups is 1. The number of pyridine rings is 1. The van der Waals surface area contributed by atoms with Gasteiger partial charge in [-0.1, -0.05) is 35.5 Å². The Morgan fingerprint density at radius 3 is 2.83 bits per heavy atom. The Hall–Kier alpha value is -3.03.